The zero-order valence-electron chi connectivity index (χ0n) is 17.9. The van der Waals surface area contributed by atoms with Gasteiger partial charge in [-0.2, -0.15) is 5.10 Å². The van der Waals surface area contributed by atoms with Gasteiger partial charge in [-0.25, -0.2) is 4.79 Å². The third-order valence-corrected chi connectivity index (χ3v) is 4.78. The van der Waals surface area contributed by atoms with Gasteiger partial charge in [0.25, 0.3) is 5.91 Å². The van der Waals surface area contributed by atoms with Gasteiger partial charge in [-0.15, -0.1) is 0 Å². The number of aromatic nitrogens is 2. The van der Waals surface area contributed by atoms with Gasteiger partial charge in [-0.1, -0.05) is 24.3 Å². The van der Waals surface area contributed by atoms with E-state index in [1.54, 1.807) is 16.8 Å². The number of carbonyl (C=O) groups is 2. The molecule has 0 saturated carbocycles. The van der Waals surface area contributed by atoms with Crippen molar-refractivity contribution < 1.29 is 14.3 Å². The van der Waals surface area contributed by atoms with Gasteiger partial charge in [-0.05, 0) is 78.2 Å². The second-order valence-corrected chi connectivity index (χ2v) is 8.86. The molecule has 0 aliphatic rings. The number of aryl methyl sites for hydroxylation is 1. The summed E-state index contributed by atoms with van der Waals surface area (Å²) in [6.07, 6.45) is -0.492. The molecule has 0 fully saturated rings. The maximum absolute atomic E-state index is 12.4. The maximum Gasteiger partial charge on any atom is 0.412 e. The van der Waals surface area contributed by atoms with E-state index in [0.717, 1.165) is 21.4 Å². The number of nitrogens with zero attached hydrogens (tertiary/aromatic N) is 2. The predicted molar refractivity (Wildman–Crippen MR) is 124 cm³/mol. The zero-order valence-corrected chi connectivity index (χ0v) is 19.5. The van der Waals surface area contributed by atoms with Gasteiger partial charge >= 0.3 is 6.09 Å². The van der Waals surface area contributed by atoms with Crippen LogP contribution < -0.4 is 10.6 Å². The van der Waals surface area contributed by atoms with E-state index in [1.807, 2.05) is 70.3 Å². The number of hydrogen-bond donors (Lipinski definition) is 2. The van der Waals surface area contributed by atoms with E-state index in [2.05, 4.69) is 31.7 Å². The van der Waals surface area contributed by atoms with Gasteiger partial charge in [0.2, 0.25) is 0 Å². The van der Waals surface area contributed by atoms with E-state index in [4.69, 9.17) is 4.74 Å². The van der Waals surface area contributed by atoms with Crippen molar-refractivity contribution in [3.63, 3.8) is 0 Å². The molecule has 7 nitrogen and oxygen atoms in total. The number of rotatable bonds is 5. The maximum atomic E-state index is 12.4. The first-order valence-electron chi connectivity index (χ1n) is 9.78. The predicted octanol–water partition coefficient (Wildman–Crippen LogP) is 5.13. The van der Waals surface area contributed by atoms with Crippen LogP contribution in [0.25, 0.3) is 11.1 Å². The number of nitrogens with one attached hydrogen (secondary N) is 2. The molecular formula is C23H25BrN4O3. The Morgan fingerprint density at radius 3 is 2.13 bits per heavy atom. The summed E-state index contributed by atoms with van der Waals surface area (Å²) < 4.78 is 7.70. The fraction of sp³-hybridized carbons (Fsp3) is 0.261. The summed E-state index contributed by atoms with van der Waals surface area (Å²) >= 11 is 3.32. The Morgan fingerprint density at radius 2 is 1.61 bits per heavy atom. The van der Waals surface area contributed by atoms with Gasteiger partial charge in [0.1, 0.15) is 10.2 Å². The number of carbonyl (C=O) groups excluding carboxylic acids is 2. The van der Waals surface area contributed by atoms with Crippen molar-refractivity contribution in [2.24, 2.45) is 7.05 Å². The van der Waals surface area contributed by atoms with Gasteiger partial charge in [0.15, 0.2) is 0 Å². The molecule has 31 heavy (non-hydrogen) atoms. The summed E-state index contributed by atoms with van der Waals surface area (Å²) in [6.45, 7) is 5.84. The van der Waals surface area contributed by atoms with E-state index in [0.29, 0.717) is 17.8 Å². The van der Waals surface area contributed by atoms with E-state index in [9.17, 15) is 9.59 Å². The monoisotopic (exact) mass is 484 g/mol. The lowest BCUT2D eigenvalue weighted by Gasteiger charge is -2.19. The van der Waals surface area contributed by atoms with Crippen LogP contribution in [-0.4, -0.2) is 27.4 Å². The molecule has 2 N–H and O–H groups in total. The summed E-state index contributed by atoms with van der Waals surface area (Å²) in [5, 5.41) is 9.80. The summed E-state index contributed by atoms with van der Waals surface area (Å²) in [6, 6.07) is 16.7. The van der Waals surface area contributed by atoms with Crippen LogP contribution >= 0.6 is 15.9 Å². The van der Waals surface area contributed by atoms with E-state index in [-0.39, 0.29) is 5.91 Å². The minimum Gasteiger partial charge on any atom is -0.444 e. The fourth-order valence-electron chi connectivity index (χ4n) is 2.89. The molecule has 0 unspecified atom stereocenters. The first-order chi connectivity index (χ1) is 14.6. The average molecular weight is 485 g/mol. The number of benzene rings is 2. The molecule has 3 aromatic rings. The van der Waals surface area contributed by atoms with Gasteiger partial charge < -0.3 is 10.1 Å². The zero-order chi connectivity index (χ0) is 22.6. The molecule has 162 valence electrons. The molecule has 1 aromatic heterocycles. The molecule has 8 heteroatoms. The first-order valence-corrected chi connectivity index (χ1v) is 10.6. The second-order valence-electron chi connectivity index (χ2n) is 8.05. The van der Waals surface area contributed by atoms with Crippen molar-refractivity contribution in [3.05, 3.63) is 70.5 Å². The topological polar surface area (TPSA) is 85.3 Å². The Kier molecular flexibility index (Phi) is 6.80. The molecule has 0 bridgehead atoms. The number of anilines is 1. The molecule has 2 amide bonds. The van der Waals surface area contributed by atoms with Crippen molar-refractivity contribution in [1.29, 1.82) is 0 Å². The Hall–Kier alpha value is -3.13. The second kappa shape index (κ2) is 9.34. The van der Waals surface area contributed by atoms with Crippen LogP contribution in [0.3, 0.4) is 0 Å². The quantitative estimate of drug-likeness (QED) is 0.525. The van der Waals surface area contributed by atoms with Crippen LogP contribution in [0.5, 0.6) is 0 Å². The minimum absolute atomic E-state index is 0.152. The molecule has 0 saturated heterocycles. The van der Waals surface area contributed by atoms with Crippen LogP contribution in [0.4, 0.5) is 10.5 Å². The summed E-state index contributed by atoms with van der Waals surface area (Å²) in [5.74, 6) is -0.152. The van der Waals surface area contributed by atoms with Crippen LogP contribution in [0.2, 0.25) is 0 Å². The Labute approximate surface area is 189 Å². The van der Waals surface area contributed by atoms with Crippen LogP contribution in [0, 0.1) is 0 Å². The molecule has 2 aromatic carbocycles. The van der Waals surface area contributed by atoms with Crippen molar-refractivity contribution in [2.45, 2.75) is 32.9 Å². The van der Waals surface area contributed by atoms with Crippen molar-refractivity contribution >= 4 is 33.6 Å². The lowest BCUT2D eigenvalue weighted by molar-refractivity contribution is 0.0635. The Morgan fingerprint density at radius 1 is 1.03 bits per heavy atom. The summed E-state index contributed by atoms with van der Waals surface area (Å²) in [7, 11) is 1.83. The summed E-state index contributed by atoms with van der Waals surface area (Å²) in [4.78, 5) is 24.3. The Balaban J connectivity index is 1.59. The van der Waals surface area contributed by atoms with Gasteiger partial charge in [0, 0.05) is 18.3 Å². The van der Waals surface area contributed by atoms with Crippen molar-refractivity contribution in [1.82, 2.24) is 15.1 Å². The van der Waals surface area contributed by atoms with E-state index in [1.165, 1.54) is 0 Å². The van der Waals surface area contributed by atoms with Gasteiger partial charge in [0.05, 0.1) is 12.2 Å². The van der Waals surface area contributed by atoms with E-state index >= 15 is 0 Å². The smallest absolute Gasteiger partial charge is 0.412 e. The fourth-order valence-corrected chi connectivity index (χ4v) is 3.39. The molecule has 0 aliphatic heterocycles. The van der Waals surface area contributed by atoms with Gasteiger partial charge in [-0.3, -0.25) is 14.8 Å². The lowest BCUT2D eigenvalue weighted by atomic mass is 10.0. The van der Waals surface area contributed by atoms with Crippen LogP contribution in [0.1, 0.15) is 36.8 Å². The average Bonchev–Trinajstić information content (AvgIpc) is 3.02. The lowest BCUT2D eigenvalue weighted by Crippen LogP contribution is -2.27. The molecule has 0 aliphatic carbocycles. The minimum atomic E-state index is -0.549. The van der Waals surface area contributed by atoms with Crippen LogP contribution in [0.15, 0.2) is 59.2 Å². The number of ether oxygens (including phenoxy) is 1. The molecule has 0 spiro atoms. The molecule has 1 heterocycles. The van der Waals surface area contributed by atoms with E-state index < -0.39 is 11.7 Å². The van der Waals surface area contributed by atoms with Crippen molar-refractivity contribution in [2.75, 3.05) is 5.32 Å². The standard InChI is InChI=1S/C23H25BrN4O3/c1-23(2,3)31-22(30)26-18-11-9-16(10-12-18)15-5-7-17(8-6-15)21(29)25-14-19-13-20(24)27-28(19)4/h5-13H,14H2,1-4H3,(H,25,29)(H,26,30). The first kappa shape index (κ1) is 22.6. The number of hydrogen-bond acceptors (Lipinski definition) is 4. The number of amides is 2. The molecule has 3 rings (SSSR count). The molecular weight excluding hydrogens is 460 g/mol. The van der Waals surface area contributed by atoms with Crippen molar-refractivity contribution in [3.8, 4) is 11.1 Å². The third kappa shape index (κ3) is 6.42. The molecule has 0 atom stereocenters. The number of halogens is 1. The highest BCUT2D eigenvalue weighted by Gasteiger charge is 2.16. The van der Waals surface area contributed by atoms with Crippen LogP contribution in [-0.2, 0) is 18.3 Å². The highest BCUT2D eigenvalue weighted by Crippen LogP contribution is 2.22. The summed E-state index contributed by atoms with van der Waals surface area (Å²) in [5.41, 5.74) is 3.52. The normalized spacial score (nSPS) is 11.1. The Bertz CT molecular complexity index is 1070. The molecule has 0 radical (unpaired) electrons. The highest BCUT2D eigenvalue weighted by atomic mass is 79.9. The third-order valence-electron chi connectivity index (χ3n) is 4.39. The largest absolute Gasteiger partial charge is 0.444 e. The SMILES string of the molecule is Cn1nc(Br)cc1CNC(=O)c1ccc(-c2ccc(NC(=O)OC(C)(C)C)cc2)cc1. The highest BCUT2D eigenvalue weighted by molar-refractivity contribution is 9.10.